The lowest BCUT2D eigenvalue weighted by atomic mass is 10.2. The van der Waals surface area contributed by atoms with Crippen LogP contribution >= 0.6 is 23.2 Å². The minimum atomic E-state index is -0.492. The number of carbonyl (C=O) groups excluding carboxylic acids is 1. The van der Waals surface area contributed by atoms with E-state index in [0.29, 0.717) is 16.6 Å². The van der Waals surface area contributed by atoms with Crippen molar-refractivity contribution in [1.82, 2.24) is 4.90 Å². The van der Waals surface area contributed by atoms with Crippen molar-refractivity contribution in [2.75, 3.05) is 11.9 Å². The molecule has 4 nitrogen and oxygen atoms in total. The lowest BCUT2D eigenvalue weighted by molar-refractivity contribution is 0.0244. The summed E-state index contributed by atoms with van der Waals surface area (Å²) >= 11 is 11.9. The Balaban J connectivity index is 2.05. The van der Waals surface area contributed by atoms with Crippen LogP contribution in [0.4, 0.5) is 10.5 Å². The smallest absolute Gasteiger partial charge is 0.411 e. The molecule has 2 rings (SSSR count). The Bertz CT molecular complexity index is 529. The zero-order valence-electron chi connectivity index (χ0n) is 12.5. The molecule has 1 N–H and O–H groups in total. The fourth-order valence-electron chi connectivity index (χ4n) is 2.23. The minimum absolute atomic E-state index is 0.0860. The van der Waals surface area contributed by atoms with Gasteiger partial charge in [0.2, 0.25) is 0 Å². The molecule has 1 saturated heterocycles. The number of anilines is 1. The molecule has 1 heterocycles. The second-order valence-corrected chi connectivity index (χ2v) is 6.92. The number of ether oxygens (including phenoxy) is 1. The van der Waals surface area contributed by atoms with Gasteiger partial charge in [0.15, 0.2) is 0 Å². The molecule has 1 atom stereocenters. The summed E-state index contributed by atoms with van der Waals surface area (Å²) in [6, 6.07) is 5.34. The summed E-state index contributed by atoms with van der Waals surface area (Å²) in [5.41, 5.74) is 0.346. The molecule has 0 aliphatic carbocycles. The van der Waals surface area contributed by atoms with Crippen molar-refractivity contribution in [3.63, 3.8) is 0 Å². The van der Waals surface area contributed by atoms with Gasteiger partial charge in [0.1, 0.15) is 11.8 Å². The Morgan fingerprint density at radius 2 is 2.05 bits per heavy atom. The normalized spacial score (nSPS) is 18.7. The number of nitrogens with one attached hydrogen (secondary N) is 1. The molecular weight excluding hydrogens is 311 g/mol. The van der Waals surface area contributed by atoms with Crippen LogP contribution in [0.1, 0.15) is 33.6 Å². The first kappa shape index (κ1) is 16.2. The van der Waals surface area contributed by atoms with E-state index >= 15 is 0 Å². The van der Waals surface area contributed by atoms with Crippen LogP contribution < -0.4 is 5.32 Å². The van der Waals surface area contributed by atoms with Gasteiger partial charge in [-0.25, -0.2) is 4.79 Å². The number of amides is 1. The van der Waals surface area contributed by atoms with Crippen molar-refractivity contribution in [2.45, 2.75) is 45.4 Å². The fraction of sp³-hybridized carbons (Fsp3) is 0.533. The van der Waals surface area contributed by atoms with Crippen LogP contribution in [0, 0.1) is 0 Å². The summed E-state index contributed by atoms with van der Waals surface area (Å²) in [6.45, 7) is 6.28. The van der Waals surface area contributed by atoms with Gasteiger partial charge in [-0.05, 0) is 51.8 Å². The van der Waals surface area contributed by atoms with Gasteiger partial charge in [0, 0.05) is 12.2 Å². The standard InChI is InChI=1S/C15H20Cl2N2O2/c1-15(2,3)21-14(20)19-8-4-5-13(19)18-10-6-7-11(16)12(17)9-10/h6-7,9,13,18H,4-5,8H2,1-3H3/t13-/m0/s1. The Hall–Kier alpha value is -1.13. The first-order valence-corrected chi connectivity index (χ1v) is 7.73. The molecule has 1 aromatic carbocycles. The summed E-state index contributed by atoms with van der Waals surface area (Å²) in [5.74, 6) is 0. The van der Waals surface area contributed by atoms with Crippen LogP contribution in [-0.4, -0.2) is 29.3 Å². The van der Waals surface area contributed by atoms with Crippen molar-refractivity contribution < 1.29 is 9.53 Å². The first-order chi connectivity index (χ1) is 9.76. The van der Waals surface area contributed by atoms with Gasteiger partial charge in [0.05, 0.1) is 10.0 Å². The molecule has 0 radical (unpaired) electrons. The van der Waals surface area contributed by atoms with E-state index in [1.54, 1.807) is 17.0 Å². The van der Waals surface area contributed by atoms with Crippen molar-refractivity contribution in [2.24, 2.45) is 0 Å². The molecule has 0 aromatic heterocycles. The molecule has 116 valence electrons. The molecule has 0 bridgehead atoms. The highest BCUT2D eigenvalue weighted by molar-refractivity contribution is 6.42. The third kappa shape index (κ3) is 4.42. The van der Waals surface area contributed by atoms with Crippen molar-refractivity contribution in [1.29, 1.82) is 0 Å². The van der Waals surface area contributed by atoms with E-state index in [1.807, 2.05) is 26.8 Å². The number of benzene rings is 1. The summed E-state index contributed by atoms with van der Waals surface area (Å²) in [5, 5.41) is 4.31. The van der Waals surface area contributed by atoms with E-state index in [4.69, 9.17) is 27.9 Å². The minimum Gasteiger partial charge on any atom is -0.444 e. The van der Waals surface area contributed by atoms with E-state index in [-0.39, 0.29) is 12.3 Å². The fourth-order valence-corrected chi connectivity index (χ4v) is 2.53. The molecule has 1 aliphatic rings. The highest BCUT2D eigenvalue weighted by Crippen LogP contribution is 2.28. The van der Waals surface area contributed by atoms with Gasteiger partial charge in [0.25, 0.3) is 0 Å². The predicted molar refractivity (Wildman–Crippen MR) is 86.0 cm³/mol. The Morgan fingerprint density at radius 3 is 2.67 bits per heavy atom. The number of hydrogen-bond donors (Lipinski definition) is 1. The van der Waals surface area contributed by atoms with Crippen LogP contribution in [0.15, 0.2) is 18.2 Å². The Kier molecular flexibility index (Phi) is 4.89. The molecule has 0 unspecified atom stereocenters. The summed E-state index contributed by atoms with van der Waals surface area (Å²) in [7, 11) is 0. The third-order valence-electron chi connectivity index (χ3n) is 3.13. The van der Waals surface area contributed by atoms with Gasteiger partial charge in [-0.15, -0.1) is 0 Å². The molecule has 1 fully saturated rings. The lowest BCUT2D eigenvalue weighted by Crippen LogP contribution is -2.43. The van der Waals surface area contributed by atoms with Crippen molar-refractivity contribution >= 4 is 35.0 Å². The highest BCUT2D eigenvalue weighted by atomic mass is 35.5. The number of hydrogen-bond acceptors (Lipinski definition) is 3. The number of halogens is 2. The maximum absolute atomic E-state index is 12.2. The molecule has 21 heavy (non-hydrogen) atoms. The first-order valence-electron chi connectivity index (χ1n) is 6.97. The molecule has 6 heteroatoms. The van der Waals surface area contributed by atoms with Crippen LogP contribution in [0.3, 0.4) is 0 Å². The highest BCUT2D eigenvalue weighted by Gasteiger charge is 2.32. The van der Waals surface area contributed by atoms with Gasteiger partial charge in [-0.1, -0.05) is 23.2 Å². The zero-order valence-corrected chi connectivity index (χ0v) is 14.0. The van der Waals surface area contributed by atoms with Crippen molar-refractivity contribution in [3.05, 3.63) is 28.2 Å². The summed E-state index contributed by atoms with van der Waals surface area (Å²) in [4.78, 5) is 13.9. The molecule has 1 aliphatic heterocycles. The average Bonchev–Trinajstić information content (AvgIpc) is 2.80. The zero-order chi connectivity index (χ0) is 15.6. The quantitative estimate of drug-likeness (QED) is 0.849. The summed E-state index contributed by atoms with van der Waals surface area (Å²) < 4.78 is 5.43. The van der Waals surface area contributed by atoms with Crippen LogP contribution in [0.2, 0.25) is 10.0 Å². The second-order valence-electron chi connectivity index (χ2n) is 6.10. The number of rotatable bonds is 2. The maximum atomic E-state index is 12.2. The van der Waals surface area contributed by atoms with Gasteiger partial charge in [-0.2, -0.15) is 0 Å². The predicted octanol–water partition coefficient (Wildman–Crippen LogP) is 4.76. The average molecular weight is 331 g/mol. The Morgan fingerprint density at radius 1 is 1.33 bits per heavy atom. The number of nitrogens with zero attached hydrogens (tertiary/aromatic N) is 1. The van der Waals surface area contributed by atoms with Gasteiger partial charge in [-0.3, -0.25) is 4.90 Å². The van der Waals surface area contributed by atoms with Crippen LogP contribution in [0.25, 0.3) is 0 Å². The van der Waals surface area contributed by atoms with Crippen molar-refractivity contribution in [3.8, 4) is 0 Å². The molecule has 0 saturated carbocycles. The largest absolute Gasteiger partial charge is 0.444 e. The van der Waals surface area contributed by atoms with Gasteiger partial charge >= 0.3 is 6.09 Å². The van der Waals surface area contributed by atoms with E-state index < -0.39 is 5.60 Å². The molecular formula is C15H20Cl2N2O2. The van der Waals surface area contributed by atoms with E-state index in [9.17, 15) is 4.79 Å². The molecule has 0 spiro atoms. The SMILES string of the molecule is CC(C)(C)OC(=O)N1CCC[C@H]1Nc1ccc(Cl)c(Cl)c1. The monoisotopic (exact) mass is 330 g/mol. The van der Waals surface area contributed by atoms with Crippen LogP contribution in [-0.2, 0) is 4.74 Å². The molecule has 1 amide bonds. The lowest BCUT2D eigenvalue weighted by Gasteiger charge is -2.29. The topological polar surface area (TPSA) is 41.6 Å². The second kappa shape index (κ2) is 6.32. The van der Waals surface area contributed by atoms with E-state index in [1.165, 1.54) is 0 Å². The van der Waals surface area contributed by atoms with Gasteiger partial charge < -0.3 is 10.1 Å². The van der Waals surface area contributed by atoms with E-state index in [2.05, 4.69) is 5.32 Å². The van der Waals surface area contributed by atoms with E-state index in [0.717, 1.165) is 18.5 Å². The maximum Gasteiger partial charge on any atom is 0.411 e. The molecule has 1 aromatic rings. The van der Waals surface area contributed by atoms with Crippen LogP contribution in [0.5, 0.6) is 0 Å². The summed E-state index contributed by atoms with van der Waals surface area (Å²) in [6.07, 6.45) is 1.44. The number of carbonyl (C=O) groups is 1. The third-order valence-corrected chi connectivity index (χ3v) is 3.87. The number of likely N-dealkylation sites (tertiary alicyclic amines) is 1. The Labute approximate surface area is 135 Å².